The van der Waals surface area contributed by atoms with E-state index in [-0.39, 0.29) is 27.5 Å². The fraction of sp³-hybridized carbons (Fsp3) is 0.0800. The molecule has 182 valence electrons. The van der Waals surface area contributed by atoms with Gasteiger partial charge >= 0.3 is 6.18 Å². The van der Waals surface area contributed by atoms with Gasteiger partial charge in [0.1, 0.15) is 5.69 Å². The molecule has 0 bridgehead atoms. The number of hydrogen-bond donors (Lipinski definition) is 1. The second kappa shape index (κ2) is 9.31. The average molecular weight is 510 g/mol. The third-order valence-corrected chi connectivity index (χ3v) is 6.35. The van der Waals surface area contributed by atoms with Crippen LogP contribution in [0, 0.1) is 11.3 Å². The number of halogens is 3. The molecule has 1 heterocycles. The molecular weight excluding hydrogens is 493 g/mol. The number of nitrogens with zero attached hydrogens (tertiary/aromatic N) is 3. The molecule has 0 aliphatic carbocycles. The molecule has 0 atom stereocenters. The Labute approximate surface area is 204 Å². The van der Waals surface area contributed by atoms with Crippen molar-refractivity contribution in [1.29, 1.82) is 5.26 Å². The van der Waals surface area contributed by atoms with E-state index in [9.17, 15) is 26.4 Å². The molecule has 1 amide bonds. The maximum Gasteiger partial charge on any atom is 0.435 e. The second-order valence-corrected chi connectivity index (χ2v) is 9.77. The van der Waals surface area contributed by atoms with Crippen molar-refractivity contribution >= 4 is 21.4 Å². The number of rotatable bonds is 5. The number of amides is 1. The first kappa shape index (κ1) is 24.7. The van der Waals surface area contributed by atoms with Gasteiger partial charge in [-0.1, -0.05) is 36.4 Å². The molecule has 0 spiro atoms. The van der Waals surface area contributed by atoms with Crippen molar-refractivity contribution in [3.63, 3.8) is 0 Å². The van der Waals surface area contributed by atoms with Crippen molar-refractivity contribution in [3.8, 4) is 22.9 Å². The molecule has 4 aromatic rings. The molecule has 3 aromatic carbocycles. The summed E-state index contributed by atoms with van der Waals surface area (Å²) in [6, 6.07) is 20.9. The fourth-order valence-corrected chi connectivity index (χ4v) is 4.45. The Morgan fingerprint density at radius 2 is 1.69 bits per heavy atom. The molecular formula is C25H17F3N4O3S. The lowest BCUT2D eigenvalue weighted by Crippen LogP contribution is -2.17. The molecule has 0 unspecified atom stereocenters. The first-order chi connectivity index (χ1) is 17.0. The van der Waals surface area contributed by atoms with Gasteiger partial charge < -0.3 is 5.32 Å². The minimum absolute atomic E-state index is 0.113. The Kier molecular flexibility index (Phi) is 6.39. The molecule has 1 N–H and O–H groups in total. The van der Waals surface area contributed by atoms with Crippen molar-refractivity contribution < 1.29 is 26.4 Å². The number of aromatic nitrogens is 2. The van der Waals surface area contributed by atoms with E-state index in [1.54, 1.807) is 30.3 Å². The lowest BCUT2D eigenvalue weighted by molar-refractivity contribution is -0.141. The van der Waals surface area contributed by atoms with Crippen LogP contribution in [-0.4, -0.2) is 30.4 Å². The number of alkyl halides is 3. The topological polar surface area (TPSA) is 105 Å². The van der Waals surface area contributed by atoms with E-state index in [1.165, 1.54) is 42.5 Å². The van der Waals surface area contributed by atoms with Crippen LogP contribution in [0.5, 0.6) is 0 Å². The van der Waals surface area contributed by atoms with Crippen molar-refractivity contribution in [2.24, 2.45) is 0 Å². The maximum absolute atomic E-state index is 13.4. The Morgan fingerprint density at radius 1 is 1.00 bits per heavy atom. The van der Waals surface area contributed by atoms with Gasteiger partial charge in [0, 0.05) is 23.6 Å². The molecule has 0 radical (unpaired) electrons. The number of carbonyl (C=O) groups excluding carboxylic acids is 1. The normalized spacial score (nSPS) is 11.6. The van der Waals surface area contributed by atoms with E-state index in [0.717, 1.165) is 10.9 Å². The summed E-state index contributed by atoms with van der Waals surface area (Å²) in [5.74, 6) is -0.857. The summed E-state index contributed by atoms with van der Waals surface area (Å²) in [6.07, 6.45) is -3.69. The quantitative estimate of drug-likeness (QED) is 0.403. The molecule has 11 heteroatoms. The summed E-state index contributed by atoms with van der Waals surface area (Å²) in [5, 5.41) is 15.2. The Hall–Kier alpha value is -4.43. The molecule has 0 saturated heterocycles. The van der Waals surface area contributed by atoms with Crippen LogP contribution < -0.4 is 5.32 Å². The third-order valence-electron chi connectivity index (χ3n) is 5.19. The fourth-order valence-electron chi connectivity index (χ4n) is 3.54. The van der Waals surface area contributed by atoms with E-state index >= 15 is 0 Å². The minimum atomic E-state index is -4.79. The minimum Gasteiger partial charge on any atom is -0.321 e. The van der Waals surface area contributed by atoms with E-state index in [1.807, 2.05) is 6.07 Å². The molecule has 7 nitrogen and oxygen atoms in total. The number of hydrogen-bond acceptors (Lipinski definition) is 5. The van der Waals surface area contributed by atoms with Gasteiger partial charge in [0.2, 0.25) is 0 Å². The first-order valence-corrected chi connectivity index (χ1v) is 12.3. The predicted octanol–water partition coefficient (Wildman–Crippen LogP) is 5.09. The summed E-state index contributed by atoms with van der Waals surface area (Å²) in [6.45, 7) is 0. The van der Waals surface area contributed by atoms with Crippen LogP contribution in [-0.2, 0) is 16.0 Å². The van der Waals surface area contributed by atoms with Gasteiger partial charge in [-0.3, -0.25) is 4.79 Å². The van der Waals surface area contributed by atoms with Crippen LogP contribution in [0.1, 0.15) is 21.7 Å². The number of sulfone groups is 1. The first-order valence-electron chi connectivity index (χ1n) is 10.4. The van der Waals surface area contributed by atoms with Crippen LogP contribution >= 0.6 is 0 Å². The van der Waals surface area contributed by atoms with Gasteiger partial charge in [-0.05, 0) is 42.0 Å². The number of anilines is 1. The lowest BCUT2D eigenvalue weighted by Gasteiger charge is -2.11. The SMILES string of the molecule is CS(=O)(=O)c1ccccc1-c1ccc(NC(=O)c2cc(C(F)(F)F)nn2-c2cccc(C#N)c2)cc1. The molecule has 36 heavy (non-hydrogen) atoms. The largest absolute Gasteiger partial charge is 0.435 e. The van der Waals surface area contributed by atoms with Crippen LogP contribution in [0.15, 0.2) is 83.8 Å². The van der Waals surface area contributed by atoms with Gasteiger partial charge in [0.05, 0.1) is 22.2 Å². The highest BCUT2D eigenvalue weighted by atomic mass is 32.2. The summed E-state index contributed by atoms with van der Waals surface area (Å²) >= 11 is 0. The van der Waals surface area contributed by atoms with Gasteiger partial charge in [-0.2, -0.15) is 23.5 Å². The summed E-state index contributed by atoms with van der Waals surface area (Å²) in [4.78, 5) is 13.1. The van der Waals surface area contributed by atoms with Crippen LogP contribution in [0.4, 0.5) is 18.9 Å². The third kappa shape index (κ3) is 5.13. The lowest BCUT2D eigenvalue weighted by atomic mass is 10.1. The zero-order valence-electron chi connectivity index (χ0n) is 18.6. The number of benzene rings is 3. The highest BCUT2D eigenvalue weighted by Crippen LogP contribution is 2.31. The molecule has 1 aromatic heterocycles. The van der Waals surface area contributed by atoms with Crippen LogP contribution in [0.25, 0.3) is 16.8 Å². The molecule has 0 aliphatic heterocycles. The zero-order valence-corrected chi connectivity index (χ0v) is 19.4. The Bertz CT molecular complexity index is 1600. The highest BCUT2D eigenvalue weighted by molar-refractivity contribution is 7.90. The van der Waals surface area contributed by atoms with E-state index in [4.69, 9.17) is 5.26 Å². The smallest absolute Gasteiger partial charge is 0.321 e. The molecule has 4 rings (SSSR count). The monoisotopic (exact) mass is 510 g/mol. The number of carbonyl (C=O) groups is 1. The molecule has 0 fully saturated rings. The number of nitriles is 1. The van der Waals surface area contributed by atoms with E-state index in [2.05, 4.69) is 10.4 Å². The maximum atomic E-state index is 13.4. The van der Waals surface area contributed by atoms with Crippen molar-refractivity contribution in [3.05, 3.63) is 95.8 Å². The van der Waals surface area contributed by atoms with Crippen molar-refractivity contribution in [2.75, 3.05) is 11.6 Å². The van der Waals surface area contributed by atoms with Crippen molar-refractivity contribution in [2.45, 2.75) is 11.1 Å². The van der Waals surface area contributed by atoms with Gasteiger partial charge in [0.25, 0.3) is 5.91 Å². The van der Waals surface area contributed by atoms with Crippen LogP contribution in [0.3, 0.4) is 0 Å². The Morgan fingerprint density at radius 3 is 2.33 bits per heavy atom. The summed E-state index contributed by atoms with van der Waals surface area (Å²) in [7, 11) is -3.48. The molecule has 0 aliphatic rings. The van der Waals surface area contributed by atoms with E-state index < -0.39 is 27.6 Å². The number of nitrogens with one attached hydrogen (secondary N) is 1. The van der Waals surface area contributed by atoms with Crippen LogP contribution in [0.2, 0.25) is 0 Å². The van der Waals surface area contributed by atoms with E-state index in [0.29, 0.717) is 17.2 Å². The predicted molar refractivity (Wildman–Crippen MR) is 126 cm³/mol. The van der Waals surface area contributed by atoms with Gasteiger partial charge in [0.15, 0.2) is 15.5 Å². The van der Waals surface area contributed by atoms with Gasteiger partial charge in [-0.25, -0.2) is 13.1 Å². The standard InChI is InChI=1S/C25H17F3N4O3S/c1-36(34,35)22-8-3-2-7-20(22)17-9-11-18(12-10-17)30-24(33)21-14-23(25(26,27)28)31-32(21)19-6-4-5-16(13-19)15-29/h2-14H,1H3,(H,30,33). The summed E-state index contributed by atoms with van der Waals surface area (Å²) < 4.78 is 65.1. The summed E-state index contributed by atoms with van der Waals surface area (Å²) in [5.41, 5.74) is -0.0236. The average Bonchev–Trinajstić information content (AvgIpc) is 3.31. The van der Waals surface area contributed by atoms with Crippen molar-refractivity contribution in [1.82, 2.24) is 9.78 Å². The zero-order chi connectivity index (χ0) is 26.1. The van der Waals surface area contributed by atoms with Gasteiger partial charge in [-0.15, -0.1) is 0 Å². The Balaban J connectivity index is 1.67. The highest BCUT2D eigenvalue weighted by Gasteiger charge is 2.36. The second-order valence-electron chi connectivity index (χ2n) is 7.79. The molecule has 0 saturated carbocycles.